The van der Waals surface area contributed by atoms with Crippen LogP contribution in [0.25, 0.3) is 4.96 Å². The molecule has 1 saturated carbocycles. The molecule has 2 heterocycles. The number of hydrogen-bond acceptors (Lipinski definition) is 5. The van der Waals surface area contributed by atoms with E-state index in [9.17, 15) is 5.11 Å². The topological polar surface area (TPSA) is 58.8 Å². The van der Waals surface area contributed by atoms with Crippen molar-refractivity contribution in [2.75, 3.05) is 13.7 Å². The zero-order valence-electron chi connectivity index (χ0n) is 10.3. The number of imidazole rings is 1. The first-order valence-corrected chi connectivity index (χ1v) is 7.00. The Balaban J connectivity index is 1.82. The number of nitrogens with one attached hydrogen (secondary N) is 1. The molecule has 0 unspecified atom stereocenters. The van der Waals surface area contributed by atoms with Gasteiger partial charge in [-0.15, -0.1) is 11.3 Å². The molecule has 0 atom stereocenters. The van der Waals surface area contributed by atoms with Crippen LogP contribution in [0.5, 0.6) is 5.88 Å². The van der Waals surface area contributed by atoms with Gasteiger partial charge in [-0.05, 0) is 19.3 Å². The van der Waals surface area contributed by atoms with Gasteiger partial charge in [-0.2, -0.15) is 4.98 Å². The van der Waals surface area contributed by atoms with Gasteiger partial charge in [0.2, 0.25) is 5.88 Å². The van der Waals surface area contributed by atoms with Gasteiger partial charge < -0.3 is 15.2 Å². The standard InChI is InChI=1S/C12H17N3O2S/c1-17-10-9(15-5-6-18-11(15)14-10)7-13-12(8-16)3-2-4-12/h5-6,13,16H,2-4,7-8H2,1H3. The van der Waals surface area contributed by atoms with Crippen LogP contribution >= 0.6 is 11.3 Å². The second-order valence-electron chi connectivity index (χ2n) is 4.77. The lowest BCUT2D eigenvalue weighted by Gasteiger charge is -2.41. The van der Waals surface area contributed by atoms with Crippen molar-refractivity contribution in [3.63, 3.8) is 0 Å². The number of thiazole rings is 1. The zero-order valence-corrected chi connectivity index (χ0v) is 11.2. The van der Waals surface area contributed by atoms with Gasteiger partial charge in [-0.1, -0.05) is 0 Å². The highest BCUT2D eigenvalue weighted by Crippen LogP contribution is 2.32. The number of ether oxygens (including phenoxy) is 1. The molecule has 5 nitrogen and oxygen atoms in total. The molecule has 3 rings (SSSR count). The SMILES string of the molecule is COc1nc2sccn2c1CNC1(CO)CCC1. The Bertz CT molecular complexity index is 539. The summed E-state index contributed by atoms with van der Waals surface area (Å²) < 4.78 is 7.35. The van der Waals surface area contributed by atoms with Crippen molar-refractivity contribution < 1.29 is 9.84 Å². The number of hydrogen-bond donors (Lipinski definition) is 2. The Labute approximate surface area is 109 Å². The highest BCUT2D eigenvalue weighted by molar-refractivity contribution is 7.15. The van der Waals surface area contributed by atoms with E-state index in [-0.39, 0.29) is 12.1 Å². The Kier molecular flexibility index (Phi) is 3.01. The van der Waals surface area contributed by atoms with Crippen LogP contribution in [0, 0.1) is 0 Å². The molecule has 18 heavy (non-hydrogen) atoms. The van der Waals surface area contributed by atoms with Gasteiger partial charge in [0, 0.05) is 23.7 Å². The summed E-state index contributed by atoms with van der Waals surface area (Å²) in [6.45, 7) is 0.864. The third-order valence-electron chi connectivity index (χ3n) is 3.76. The maximum atomic E-state index is 9.45. The van der Waals surface area contributed by atoms with E-state index >= 15 is 0 Å². The third kappa shape index (κ3) is 1.81. The molecule has 0 aromatic carbocycles. The van der Waals surface area contributed by atoms with Crippen LogP contribution in [-0.2, 0) is 6.54 Å². The highest BCUT2D eigenvalue weighted by Gasteiger charge is 2.36. The molecular formula is C12H17N3O2S. The molecule has 2 aromatic rings. The largest absolute Gasteiger partial charge is 0.480 e. The second-order valence-corrected chi connectivity index (χ2v) is 5.64. The smallest absolute Gasteiger partial charge is 0.237 e. The lowest BCUT2D eigenvalue weighted by atomic mass is 9.77. The minimum atomic E-state index is -0.0921. The summed E-state index contributed by atoms with van der Waals surface area (Å²) in [7, 11) is 1.64. The summed E-state index contributed by atoms with van der Waals surface area (Å²) in [6.07, 6.45) is 5.26. The summed E-state index contributed by atoms with van der Waals surface area (Å²) in [4.78, 5) is 5.36. The van der Waals surface area contributed by atoms with Crippen LogP contribution in [0.4, 0.5) is 0 Å². The maximum Gasteiger partial charge on any atom is 0.237 e. The van der Waals surface area contributed by atoms with Crippen LogP contribution in [-0.4, -0.2) is 33.7 Å². The van der Waals surface area contributed by atoms with Gasteiger partial charge in [0.05, 0.1) is 13.7 Å². The molecule has 0 bridgehead atoms. The molecule has 0 amide bonds. The molecule has 1 aliphatic rings. The number of fused-ring (bicyclic) bond motifs is 1. The second kappa shape index (κ2) is 4.53. The molecule has 0 saturated heterocycles. The van der Waals surface area contributed by atoms with Crippen LogP contribution in [0.1, 0.15) is 25.0 Å². The minimum Gasteiger partial charge on any atom is -0.480 e. The number of methoxy groups -OCH3 is 1. The van der Waals surface area contributed by atoms with E-state index < -0.39 is 0 Å². The van der Waals surface area contributed by atoms with E-state index in [1.54, 1.807) is 18.4 Å². The van der Waals surface area contributed by atoms with Crippen molar-refractivity contribution >= 4 is 16.3 Å². The lowest BCUT2D eigenvalue weighted by Crippen LogP contribution is -2.53. The normalized spacial score (nSPS) is 17.9. The first kappa shape index (κ1) is 12.0. The van der Waals surface area contributed by atoms with Crippen molar-refractivity contribution in [2.45, 2.75) is 31.3 Å². The highest BCUT2D eigenvalue weighted by atomic mass is 32.1. The molecule has 2 aromatic heterocycles. The van der Waals surface area contributed by atoms with Gasteiger partial charge in [0.25, 0.3) is 0 Å². The lowest BCUT2D eigenvalue weighted by molar-refractivity contribution is 0.0865. The van der Waals surface area contributed by atoms with E-state index in [0.29, 0.717) is 12.4 Å². The summed E-state index contributed by atoms with van der Waals surface area (Å²) >= 11 is 1.59. The van der Waals surface area contributed by atoms with Crippen molar-refractivity contribution in [1.29, 1.82) is 0 Å². The fourth-order valence-electron chi connectivity index (χ4n) is 2.40. The first-order valence-electron chi connectivity index (χ1n) is 6.12. The van der Waals surface area contributed by atoms with Gasteiger partial charge in [0.15, 0.2) is 4.96 Å². The van der Waals surface area contributed by atoms with E-state index in [4.69, 9.17) is 4.74 Å². The van der Waals surface area contributed by atoms with Crippen molar-refractivity contribution in [3.8, 4) is 5.88 Å². The predicted molar refractivity (Wildman–Crippen MR) is 70.1 cm³/mol. The third-order valence-corrected chi connectivity index (χ3v) is 4.52. The van der Waals surface area contributed by atoms with Crippen LogP contribution in [0.3, 0.4) is 0 Å². The van der Waals surface area contributed by atoms with E-state index in [1.165, 1.54) is 6.42 Å². The first-order chi connectivity index (χ1) is 8.78. The molecular weight excluding hydrogens is 250 g/mol. The average Bonchev–Trinajstić information content (AvgIpc) is 2.89. The van der Waals surface area contributed by atoms with Crippen LogP contribution in [0.15, 0.2) is 11.6 Å². The molecule has 0 spiro atoms. The molecule has 0 radical (unpaired) electrons. The number of aromatic nitrogens is 2. The monoisotopic (exact) mass is 267 g/mol. The summed E-state index contributed by atoms with van der Waals surface area (Å²) in [6, 6.07) is 0. The Morgan fingerprint density at radius 1 is 1.61 bits per heavy atom. The van der Waals surface area contributed by atoms with E-state index in [0.717, 1.165) is 23.5 Å². The van der Waals surface area contributed by atoms with Crippen LogP contribution in [0.2, 0.25) is 0 Å². The number of rotatable bonds is 5. The molecule has 0 aliphatic heterocycles. The number of aliphatic hydroxyl groups excluding tert-OH is 1. The number of nitrogens with zero attached hydrogens (tertiary/aromatic N) is 2. The molecule has 1 aliphatic carbocycles. The van der Waals surface area contributed by atoms with Gasteiger partial charge in [-0.25, -0.2) is 0 Å². The van der Waals surface area contributed by atoms with Crippen molar-refractivity contribution in [2.24, 2.45) is 0 Å². The molecule has 1 fully saturated rings. The summed E-state index contributed by atoms with van der Waals surface area (Å²) in [5.74, 6) is 0.668. The summed E-state index contributed by atoms with van der Waals surface area (Å²) in [5.41, 5.74) is 0.930. The Morgan fingerprint density at radius 3 is 3.06 bits per heavy atom. The fourth-order valence-corrected chi connectivity index (χ4v) is 3.13. The van der Waals surface area contributed by atoms with Crippen molar-refractivity contribution in [1.82, 2.24) is 14.7 Å². The fraction of sp³-hybridized carbons (Fsp3) is 0.583. The van der Waals surface area contributed by atoms with E-state index in [2.05, 4.69) is 10.3 Å². The van der Waals surface area contributed by atoms with E-state index in [1.807, 2.05) is 16.0 Å². The van der Waals surface area contributed by atoms with Gasteiger partial charge in [0.1, 0.15) is 5.69 Å². The predicted octanol–water partition coefficient (Wildman–Crippen LogP) is 1.41. The van der Waals surface area contributed by atoms with Gasteiger partial charge in [-0.3, -0.25) is 4.40 Å². The molecule has 98 valence electrons. The molecule has 2 N–H and O–H groups in total. The molecule has 6 heteroatoms. The average molecular weight is 267 g/mol. The number of aliphatic hydroxyl groups is 1. The van der Waals surface area contributed by atoms with Gasteiger partial charge >= 0.3 is 0 Å². The minimum absolute atomic E-state index is 0.0921. The van der Waals surface area contributed by atoms with Crippen molar-refractivity contribution in [3.05, 3.63) is 17.3 Å². The quantitative estimate of drug-likeness (QED) is 0.860. The maximum absolute atomic E-state index is 9.45. The Morgan fingerprint density at radius 2 is 2.44 bits per heavy atom. The Hall–Kier alpha value is -1.11. The zero-order chi connectivity index (χ0) is 12.6. The summed E-state index contributed by atoms with van der Waals surface area (Å²) in [5, 5.41) is 14.9. The van der Waals surface area contributed by atoms with Crippen LogP contribution < -0.4 is 10.1 Å².